The molecule has 0 radical (unpaired) electrons. The fourth-order valence-electron chi connectivity index (χ4n) is 2.87. The van der Waals surface area contributed by atoms with Gasteiger partial charge < -0.3 is 15.4 Å². The molecule has 0 amide bonds. The fourth-order valence-corrected chi connectivity index (χ4v) is 3.10. The molecule has 0 saturated heterocycles. The third-order valence-corrected chi connectivity index (χ3v) is 4.45. The quantitative estimate of drug-likeness (QED) is 0.349. The molecule has 34 heavy (non-hydrogen) atoms. The number of benzene rings is 2. The van der Waals surface area contributed by atoms with E-state index in [1.807, 2.05) is 20.8 Å². The Morgan fingerprint density at radius 3 is 2.21 bits per heavy atom. The molecule has 0 aliphatic heterocycles. The molecular weight excluding hydrogens is 486 g/mol. The smallest absolute Gasteiger partial charge is 0.406 e. The normalized spacial score (nSPS) is 12.4. The third-order valence-electron chi connectivity index (χ3n) is 4.12. The van der Waals surface area contributed by atoms with Gasteiger partial charge in [-0.25, -0.2) is 4.98 Å². The van der Waals surface area contributed by atoms with Gasteiger partial charge in [0.1, 0.15) is 11.6 Å². The van der Waals surface area contributed by atoms with Crippen LogP contribution in [0.15, 0.2) is 48.5 Å². The van der Waals surface area contributed by atoms with E-state index in [0.29, 0.717) is 0 Å². The number of hydrogen-bond acceptors (Lipinski definition) is 5. The van der Waals surface area contributed by atoms with Crippen LogP contribution in [0.2, 0.25) is 5.02 Å². The standard InChI is InChI=1S/C22H19ClF6N4O/c1-20(2,3)33-19-31-17(12-5-4-6-14(9-12)34-22(27,28)29)11-18(32-19)30-13-7-8-16(23)15(10-13)21(24,25)26/h4-11H,1-3H3,(H2,30,31,32,33). The predicted molar refractivity (Wildman–Crippen MR) is 117 cm³/mol. The van der Waals surface area contributed by atoms with E-state index in [2.05, 4.69) is 25.3 Å². The molecule has 3 rings (SSSR count). The molecule has 1 heterocycles. The number of anilines is 3. The zero-order valence-corrected chi connectivity index (χ0v) is 18.8. The molecule has 0 unspecified atom stereocenters. The minimum atomic E-state index is -4.87. The Hall–Kier alpha value is -3.21. The Bertz CT molecular complexity index is 1180. The zero-order valence-electron chi connectivity index (χ0n) is 18.1. The van der Waals surface area contributed by atoms with Crippen molar-refractivity contribution in [2.45, 2.75) is 38.8 Å². The maximum atomic E-state index is 13.2. The molecule has 0 atom stereocenters. The molecule has 0 fully saturated rings. The van der Waals surface area contributed by atoms with Gasteiger partial charge in [0, 0.05) is 22.9 Å². The molecule has 12 heteroatoms. The minimum Gasteiger partial charge on any atom is -0.406 e. The summed E-state index contributed by atoms with van der Waals surface area (Å²) >= 11 is 5.67. The number of nitrogens with zero attached hydrogens (tertiary/aromatic N) is 2. The summed E-state index contributed by atoms with van der Waals surface area (Å²) in [6.07, 6.45) is -9.54. The first-order valence-corrected chi connectivity index (χ1v) is 10.1. The molecule has 0 saturated carbocycles. The lowest BCUT2D eigenvalue weighted by molar-refractivity contribution is -0.274. The van der Waals surface area contributed by atoms with Crippen LogP contribution in [0, 0.1) is 0 Å². The molecule has 2 N–H and O–H groups in total. The van der Waals surface area contributed by atoms with E-state index >= 15 is 0 Å². The van der Waals surface area contributed by atoms with Crippen molar-refractivity contribution >= 4 is 29.1 Å². The number of halogens is 7. The van der Waals surface area contributed by atoms with Crippen LogP contribution in [0.1, 0.15) is 26.3 Å². The molecule has 0 spiro atoms. The van der Waals surface area contributed by atoms with E-state index in [0.717, 1.165) is 24.3 Å². The minimum absolute atomic E-state index is 0.0530. The first-order chi connectivity index (χ1) is 15.6. The van der Waals surface area contributed by atoms with Gasteiger partial charge in [-0.3, -0.25) is 0 Å². The van der Waals surface area contributed by atoms with Crippen LogP contribution >= 0.6 is 11.6 Å². The van der Waals surface area contributed by atoms with Crippen LogP contribution in [0.5, 0.6) is 5.75 Å². The highest BCUT2D eigenvalue weighted by molar-refractivity contribution is 6.31. The molecule has 0 aliphatic carbocycles. The fraction of sp³-hybridized carbons (Fsp3) is 0.273. The van der Waals surface area contributed by atoms with E-state index in [4.69, 9.17) is 11.6 Å². The Kier molecular flexibility index (Phi) is 6.88. The van der Waals surface area contributed by atoms with E-state index in [1.54, 1.807) is 0 Å². The van der Waals surface area contributed by atoms with Gasteiger partial charge in [0.2, 0.25) is 5.95 Å². The van der Waals surface area contributed by atoms with Crippen LogP contribution in [-0.2, 0) is 6.18 Å². The number of alkyl halides is 6. The molecule has 0 bridgehead atoms. The van der Waals surface area contributed by atoms with Gasteiger partial charge in [0.15, 0.2) is 0 Å². The van der Waals surface area contributed by atoms with E-state index in [1.165, 1.54) is 24.3 Å². The number of rotatable bonds is 5. The van der Waals surface area contributed by atoms with Crippen molar-refractivity contribution < 1.29 is 31.1 Å². The van der Waals surface area contributed by atoms with Crippen molar-refractivity contribution in [2.24, 2.45) is 0 Å². The summed E-state index contributed by atoms with van der Waals surface area (Å²) in [5, 5.41) is 5.35. The van der Waals surface area contributed by atoms with E-state index < -0.39 is 34.4 Å². The first-order valence-electron chi connectivity index (χ1n) is 9.76. The summed E-state index contributed by atoms with van der Waals surface area (Å²) in [7, 11) is 0. The highest BCUT2D eigenvalue weighted by atomic mass is 35.5. The predicted octanol–water partition coefficient (Wildman–Crippen LogP) is 7.67. The Balaban J connectivity index is 2.03. The highest BCUT2D eigenvalue weighted by Crippen LogP contribution is 2.37. The Morgan fingerprint density at radius 2 is 1.59 bits per heavy atom. The van der Waals surface area contributed by atoms with Crippen molar-refractivity contribution in [1.82, 2.24) is 9.97 Å². The monoisotopic (exact) mass is 504 g/mol. The van der Waals surface area contributed by atoms with E-state index in [-0.39, 0.29) is 28.7 Å². The SMILES string of the molecule is CC(C)(C)Nc1nc(Nc2ccc(Cl)c(C(F)(F)F)c2)cc(-c2cccc(OC(F)(F)F)c2)n1. The summed E-state index contributed by atoms with van der Waals surface area (Å²) in [6, 6.07) is 9.82. The summed E-state index contributed by atoms with van der Waals surface area (Å²) in [5.74, 6) is -0.232. The molecule has 5 nitrogen and oxygen atoms in total. The molecule has 0 aliphatic rings. The average Bonchev–Trinajstić information content (AvgIpc) is 2.66. The lowest BCUT2D eigenvalue weighted by Crippen LogP contribution is -2.27. The summed E-state index contributed by atoms with van der Waals surface area (Å²) in [6.45, 7) is 5.51. The van der Waals surface area contributed by atoms with Gasteiger partial charge >= 0.3 is 12.5 Å². The third kappa shape index (κ3) is 7.14. The van der Waals surface area contributed by atoms with Gasteiger partial charge in [-0.15, -0.1) is 13.2 Å². The van der Waals surface area contributed by atoms with Crippen LogP contribution in [0.4, 0.5) is 43.8 Å². The molecule has 1 aromatic heterocycles. The van der Waals surface area contributed by atoms with Crippen molar-refractivity contribution in [1.29, 1.82) is 0 Å². The van der Waals surface area contributed by atoms with Crippen molar-refractivity contribution in [3.63, 3.8) is 0 Å². The van der Waals surface area contributed by atoms with Crippen LogP contribution in [0.3, 0.4) is 0 Å². The van der Waals surface area contributed by atoms with Crippen molar-refractivity contribution in [3.05, 3.63) is 59.1 Å². The molecular formula is C22H19ClF6N4O. The number of nitrogens with one attached hydrogen (secondary N) is 2. The second-order valence-electron chi connectivity index (χ2n) is 8.23. The van der Waals surface area contributed by atoms with Gasteiger partial charge in [-0.1, -0.05) is 23.7 Å². The lowest BCUT2D eigenvalue weighted by atomic mass is 10.1. The van der Waals surface area contributed by atoms with E-state index in [9.17, 15) is 26.3 Å². The Morgan fingerprint density at radius 1 is 0.882 bits per heavy atom. The highest BCUT2D eigenvalue weighted by Gasteiger charge is 2.33. The maximum Gasteiger partial charge on any atom is 0.573 e. The second-order valence-corrected chi connectivity index (χ2v) is 8.64. The zero-order chi connectivity index (χ0) is 25.3. The van der Waals surface area contributed by atoms with Crippen LogP contribution < -0.4 is 15.4 Å². The largest absolute Gasteiger partial charge is 0.573 e. The lowest BCUT2D eigenvalue weighted by Gasteiger charge is -2.21. The second kappa shape index (κ2) is 9.21. The number of hydrogen-bond donors (Lipinski definition) is 2. The summed E-state index contributed by atoms with van der Waals surface area (Å²) < 4.78 is 81.5. The topological polar surface area (TPSA) is 59.1 Å². The van der Waals surface area contributed by atoms with Gasteiger partial charge in [-0.2, -0.15) is 18.2 Å². The van der Waals surface area contributed by atoms with Gasteiger partial charge in [0.05, 0.1) is 16.3 Å². The number of ether oxygens (including phenoxy) is 1. The maximum absolute atomic E-state index is 13.2. The van der Waals surface area contributed by atoms with Crippen LogP contribution in [-0.4, -0.2) is 21.9 Å². The first kappa shape index (κ1) is 25.4. The molecule has 182 valence electrons. The van der Waals surface area contributed by atoms with Crippen LogP contribution in [0.25, 0.3) is 11.3 Å². The van der Waals surface area contributed by atoms with Gasteiger partial charge in [0.25, 0.3) is 0 Å². The summed E-state index contributed by atoms with van der Waals surface area (Å²) in [4.78, 5) is 8.62. The molecule has 2 aromatic carbocycles. The van der Waals surface area contributed by atoms with Crippen molar-refractivity contribution in [3.8, 4) is 17.0 Å². The summed E-state index contributed by atoms with van der Waals surface area (Å²) in [5.41, 5.74) is -0.977. The number of aromatic nitrogens is 2. The Labute approximate surface area is 196 Å². The average molecular weight is 505 g/mol. The molecule has 3 aromatic rings. The van der Waals surface area contributed by atoms with Crippen molar-refractivity contribution in [2.75, 3.05) is 10.6 Å². The van der Waals surface area contributed by atoms with Gasteiger partial charge in [-0.05, 0) is 51.1 Å².